The second kappa shape index (κ2) is 7.23. The number of likely N-dealkylation sites (N-methyl/N-ethyl adjacent to an activating group) is 1. The van der Waals surface area contributed by atoms with Crippen molar-refractivity contribution >= 4 is 23.0 Å². The van der Waals surface area contributed by atoms with Gasteiger partial charge in [0, 0.05) is 36.3 Å². The summed E-state index contributed by atoms with van der Waals surface area (Å²) in [7, 11) is 1.97. The van der Waals surface area contributed by atoms with E-state index >= 15 is 0 Å². The van der Waals surface area contributed by atoms with Crippen molar-refractivity contribution in [3.05, 3.63) is 53.9 Å². The Morgan fingerprint density at radius 2 is 1.88 bits per heavy atom. The van der Waals surface area contributed by atoms with Crippen LogP contribution in [0.15, 0.2) is 48.3 Å². The van der Waals surface area contributed by atoms with Gasteiger partial charge in [-0.25, -0.2) is 0 Å². The molecule has 5 nitrogen and oxygen atoms in total. The van der Waals surface area contributed by atoms with Gasteiger partial charge in [0.1, 0.15) is 0 Å². The van der Waals surface area contributed by atoms with Crippen molar-refractivity contribution in [3.63, 3.8) is 0 Å². The molecular formula is C28H33N3O2. The van der Waals surface area contributed by atoms with Gasteiger partial charge in [0.2, 0.25) is 5.91 Å². The van der Waals surface area contributed by atoms with Gasteiger partial charge < -0.3 is 10.0 Å². The van der Waals surface area contributed by atoms with E-state index in [-0.39, 0.29) is 16.7 Å². The smallest absolute Gasteiger partial charge is 0.246 e. The van der Waals surface area contributed by atoms with Crippen molar-refractivity contribution in [2.24, 2.45) is 28.6 Å². The molecule has 0 saturated heterocycles. The average Bonchev–Trinajstić information content (AvgIpc) is 3.07. The van der Waals surface area contributed by atoms with Gasteiger partial charge in [-0.15, -0.1) is 0 Å². The average molecular weight is 444 g/mol. The zero-order chi connectivity index (χ0) is 23.0. The Morgan fingerprint density at radius 1 is 1.09 bits per heavy atom. The molecule has 0 unspecified atom stereocenters. The van der Waals surface area contributed by atoms with E-state index in [2.05, 4.69) is 48.1 Å². The minimum Gasteiger partial charge on any atom is -0.388 e. The molecule has 3 saturated carbocycles. The van der Waals surface area contributed by atoms with E-state index in [1.54, 1.807) is 18.5 Å². The van der Waals surface area contributed by atoms with Crippen LogP contribution in [0.5, 0.6) is 0 Å². The number of hydrogen-bond donors (Lipinski definition) is 1. The Kier molecular flexibility index (Phi) is 4.61. The van der Waals surface area contributed by atoms with Crippen molar-refractivity contribution in [2.75, 3.05) is 7.05 Å². The number of carbonyl (C=O) groups excluding carboxylic acids is 1. The van der Waals surface area contributed by atoms with Crippen molar-refractivity contribution in [1.82, 2.24) is 14.9 Å². The summed E-state index contributed by atoms with van der Waals surface area (Å²) in [5.41, 5.74) is 3.97. The molecule has 1 N–H and O–H groups in total. The predicted octanol–water partition coefficient (Wildman–Crippen LogP) is 4.62. The maximum atomic E-state index is 12.3. The number of nitrogens with zero attached hydrogens (tertiary/aromatic N) is 3. The zero-order valence-electron chi connectivity index (χ0n) is 19.7. The molecule has 6 rings (SSSR count). The predicted molar refractivity (Wildman–Crippen MR) is 129 cm³/mol. The Hall–Kier alpha value is -2.53. The Morgan fingerprint density at radius 3 is 2.70 bits per heavy atom. The third-order valence-corrected chi connectivity index (χ3v) is 9.84. The molecule has 0 radical (unpaired) electrons. The Bertz CT molecular complexity index is 1190. The van der Waals surface area contributed by atoms with Gasteiger partial charge in [0.25, 0.3) is 0 Å². The highest BCUT2D eigenvalue weighted by molar-refractivity contribution is 5.89. The van der Waals surface area contributed by atoms with Crippen LogP contribution in [0.3, 0.4) is 0 Å². The molecule has 3 aliphatic carbocycles. The highest BCUT2D eigenvalue weighted by Crippen LogP contribution is 2.65. The summed E-state index contributed by atoms with van der Waals surface area (Å²) in [5.74, 6) is 1.76. The molecule has 33 heavy (non-hydrogen) atoms. The molecule has 0 spiro atoms. The van der Waals surface area contributed by atoms with Crippen molar-refractivity contribution in [2.45, 2.75) is 58.1 Å². The maximum Gasteiger partial charge on any atom is 0.246 e. The summed E-state index contributed by atoms with van der Waals surface area (Å²) in [6.07, 6.45) is 14.5. The van der Waals surface area contributed by atoms with E-state index in [9.17, 15) is 9.90 Å². The second-order valence-corrected chi connectivity index (χ2v) is 11.3. The number of aromatic nitrogens is 2. The largest absolute Gasteiger partial charge is 0.388 e. The fraction of sp³-hybridized carbons (Fsp3) is 0.536. The van der Waals surface area contributed by atoms with Crippen LogP contribution in [0, 0.1) is 28.6 Å². The van der Waals surface area contributed by atoms with Crippen LogP contribution in [0.2, 0.25) is 0 Å². The monoisotopic (exact) mass is 443 g/mol. The number of hydrogen-bond acceptors (Lipinski definition) is 4. The lowest BCUT2D eigenvalue weighted by Gasteiger charge is -2.59. The van der Waals surface area contributed by atoms with E-state index in [0.717, 1.165) is 54.3 Å². The van der Waals surface area contributed by atoms with E-state index < -0.39 is 6.10 Å². The van der Waals surface area contributed by atoms with E-state index in [1.807, 2.05) is 18.0 Å². The number of carbonyl (C=O) groups is 1. The lowest BCUT2D eigenvalue weighted by molar-refractivity contribution is -0.140. The van der Waals surface area contributed by atoms with Crippen molar-refractivity contribution in [1.29, 1.82) is 0 Å². The van der Waals surface area contributed by atoms with Gasteiger partial charge in [-0.05, 0) is 79.2 Å². The summed E-state index contributed by atoms with van der Waals surface area (Å²) in [6, 6.07) is 6.45. The third kappa shape index (κ3) is 2.97. The SMILES string of the molecule is CN1C(=O)C=C[C@]2(C)[C@H]3CC[C@]4(C)[C@@H](O)/C(=C\c5ccc6nccnc6c5)C[C@H]4[C@@H]3CC[C@@H]12. The fourth-order valence-electron chi connectivity index (χ4n) is 8.02. The summed E-state index contributed by atoms with van der Waals surface area (Å²) >= 11 is 0. The number of fused-ring (bicyclic) bond motifs is 6. The highest BCUT2D eigenvalue weighted by atomic mass is 16.3. The van der Waals surface area contributed by atoms with Crippen molar-refractivity contribution in [3.8, 4) is 0 Å². The molecule has 5 heteroatoms. The van der Waals surface area contributed by atoms with Crippen LogP contribution in [0.1, 0.15) is 51.5 Å². The van der Waals surface area contributed by atoms with Gasteiger partial charge in [0.15, 0.2) is 0 Å². The molecule has 1 aliphatic heterocycles. The van der Waals surface area contributed by atoms with E-state index in [4.69, 9.17) is 0 Å². The van der Waals surface area contributed by atoms with Gasteiger partial charge in [-0.2, -0.15) is 0 Å². The molecule has 1 amide bonds. The van der Waals surface area contributed by atoms with Crippen LogP contribution < -0.4 is 0 Å². The number of amides is 1. The first-order chi connectivity index (χ1) is 15.8. The summed E-state index contributed by atoms with van der Waals surface area (Å²) in [6.45, 7) is 4.68. The standard InChI is InChI=1S/C28H33N3O2/c1-27-11-9-25(32)31(3)24(27)7-5-19-20(27)8-10-28(2)21(19)16-18(26(28)33)14-17-4-6-22-23(15-17)30-13-12-29-22/h4,6,9,11-15,19-21,24,26,33H,5,7-8,10,16H2,1-3H3/b18-14-/t19-,20+,21+,24-,26+,27-,28+/m1/s1. The molecule has 4 aliphatic rings. The third-order valence-electron chi connectivity index (χ3n) is 9.84. The minimum absolute atomic E-state index is 0.0291. The van der Waals surface area contributed by atoms with Crippen LogP contribution in [0.4, 0.5) is 0 Å². The van der Waals surface area contributed by atoms with Crippen LogP contribution in [0.25, 0.3) is 17.1 Å². The van der Waals surface area contributed by atoms with Crippen LogP contribution in [-0.4, -0.2) is 45.1 Å². The molecule has 1 aromatic carbocycles. The van der Waals surface area contributed by atoms with Crippen molar-refractivity contribution < 1.29 is 9.90 Å². The fourth-order valence-corrected chi connectivity index (χ4v) is 8.02. The van der Waals surface area contributed by atoms with Gasteiger partial charge in [-0.3, -0.25) is 14.8 Å². The lowest BCUT2D eigenvalue weighted by atomic mass is 9.48. The summed E-state index contributed by atoms with van der Waals surface area (Å²) in [5, 5.41) is 11.5. The topological polar surface area (TPSA) is 66.3 Å². The number of rotatable bonds is 1. The quantitative estimate of drug-likeness (QED) is 0.698. The minimum atomic E-state index is -0.405. The zero-order valence-corrected chi connectivity index (χ0v) is 19.7. The summed E-state index contributed by atoms with van der Waals surface area (Å²) in [4.78, 5) is 23.1. The molecule has 2 heterocycles. The number of benzene rings is 1. The van der Waals surface area contributed by atoms with Crippen LogP contribution >= 0.6 is 0 Å². The normalized spacial score (nSPS) is 41.2. The Labute approximate surface area is 195 Å². The van der Waals surface area contributed by atoms with E-state index in [0.29, 0.717) is 23.8 Å². The number of aliphatic hydroxyl groups is 1. The second-order valence-electron chi connectivity index (χ2n) is 11.3. The molecule has 172 valence electrons. The molecule has 1 aromatic heterocycles. The highest BCUT2D eigenvalue weighted by Gasteiger charge is 2.61. The molecular weight excluding hydrogens is 410 g/mol. The number of aliphatic hydroxyl groups excluding tert-OH is 1. The first kappa shape index (κ1) is 21.0. The van der Waals surface area contributed by atoms with Gasteiger partial charge in [-0.1, -0.05) is 32.1 Å². The van der Waals surface area contributed by atoms with Gasteiger partial charge >= 0.3 is 0 Å². The van der Waals surface area contributed by atoms with Crippen LogP contribution in [-0.2, 0) is 4.79 Å². The maximum absolute atomic E-state index is 12.3. The van der Waals surface area contributed by atoms with E-state index in [1.165, 1.54) is 0 Å². The first-order valence-corrected chi connectivity index (χ1v) is 12.4. The first-order valence-electron chi connectivity index (χ1n) is 12.4. The molecule has 3 fully saturated rings. The summed E-state index contributed by atoms with van der Waals surface area (Å²) < 4.78 is 0. The lowest BCUT2D eigenvalue weighted by Crippen LogP contribution is -2.59. The molecule has 2 aromatic rings. The molecule has 0 bridgehead atoms. The Balaban J connectivity index is 1.33. The van der Waals surface area contributed by atoms with Gasteiger partial charge in [0.05, 0.1) is 17.1 Å². The molecule has 7 atom stereocenters.